The summed E-state index contributed by atoms with van der Waals surface area (Å²) in [5.41, 5.74) is 4.55. The Morgan fingerprint density at radius 3 is 2.50 bits per heavy atom. The first-order chi connectivity index (χ1) is 9.72. The molecule has 3 heteroatoms. The zero-order valence-corrected chi connectivity index (χ0v) is 12.4. The van der Waals surface area contributed by atoms with Crippen LogP contribution in [0.15, 0.2) is 54.6 Å². The predicted octanol–water partition coefficient (Wildman–Crippen LogP) is 5.17. The summed E-state index contributed by atoms with van der Waals surface area (Å²) in [7, 11) is 0. The third-order valence-corrected chi connectivity index (χ3v) is 4.00. The lowest BCUT2D eigenvalue weighted by atomic mass is 10.1. The largest absolute Gasteiger partial charge is 0.332 e. The highest BCUT2D eigenvalue weighted by molar-refractivity contribution is 7.16. The van der Waals surface area contributed by atoms with Crippen LogP contribution in [0, 0.1) is 13.8 Å². The summed E-state index contributed by atoms with van der Waals surface area (Å²) in [4.78, 5) is 5.94. The highest BCUT2D eigenvalue weighted by Crippen LogP contribution is 2.31. The molecular formula is C17H16N2S. The Hall–Kier alpha value is -2.13. The molecule has 0 spiro atoms. The molecule has 0 unspecified atom stereocenters. The summed E-state index contributed by atoms with van der Waals surface area (Å²) in [6.07, 6.45) is 0. The Morgan fingerprint density at radius 2 is 1.75 bits per heavy atom. The number of nitrogens with zero attached hydrogens (tertiary/aromatic N) is 1. The van der Waals surface area contributed by atoms with Gasteiger partial charge in [-0.15, -0.1) is 11.3 Å². The fourth-order valence-corrected chi connectivity index (χ4v) is 3.02. The molecule has 2 aromatic carbocycles. The van der Waals surface area contributed by atoms with Gasteiger partial charge in [0, 0.05) is 16.1 Å². The van der Waals surface area contributed by atoms with Crippen molar-refractivity contribution in [3.8, 4) is 11.3 Å². The van der Waals surface area contributed by atoms with E-state index in [9.17, 15) is 0 Å². The standard InChI is InChI=1S/C17H16N2S/c1-12-7-6-10-15(11-12)18-17-19-16(13(2)20-17)14-8-4-3-5-9-14/h3-11H,1-2H3,(H,18,19). The molecule has 1 aromatic heterocycles. The molecule has 0 fully saturated rings. The van der Waals surface area contributed by atoms with E-state index in [-0.39, 0.29) is 0 Å². The van der Waals surface area contributed by atoms with Gasteiger partial charge < -0.3 is 5.32 Å². The Kier molecular flexibility index (Phi) is 3.52. The lowest BCUT2D eigenvalue weighted by Gasteiger charge is -2.02. The van der Waals surface area contributed by atoms with Gasteiger partial charge >= 0.3 is 0 Å². The molecule has 0 radical (unpaired) electrons. The van der Waals surface area contributed by atoms with Gasteiger partial charge in [0.1, 0.15) is 0 Å². The molecule has 0 aliphatic rings. The lowest BCUT2D eigenvalue weighted by molar-refractivity contribution is 1.35. The Morgan fingerprint density at radius 1 is 0.950 bits per heavy atom. The Balaban J connectivity index is 1.90. The van der Waals surface area contributed by atoms with E-state index in [1.54, 1.807) is 11.3 Å². The zero-order valence-electron chi connectivity index (χ0n) is 11.6. The van der Waals surface area contributed by atoms with Crippen LogP contribution in [0.4, 0.5) is 10.8 Å². The number of hydrogen-bond donors (Lipinski definition) is 1. The van der Waals surface area contributed by atoms with Crippen molar-refractivity contribution in [3.05, 3.63) is 65.0 Å². The summed E-state index contributed by atoms with van der Waals surface area (Å²) in [5, 5.41) is 4.32. The number of benzene rings is 2. The summed E-state index contributed by atoms with van der Waals surface area (Å²) in [6.45, 7) is 4.20. The highest BCUT2D eigenvalue weighted by Gasteiger charge is 2.09. The van der Waals surface area contributed by atoms with E-state index < -0.39 is 0 Å². The van der Waals surface area contributed by atoms with Crippen LogP contribution < -0.4 is 5.32 Å². The first-order valence-corrected chi connectivity index (χ1v) is 7.40. The summed E-state index contributed by atoms with van der Waals surface area (Å²) in [5.74, 6) is 0. The van der Waals surface area contributed by atoms with Gasteiger partial charge in [0.05, 0.1) is 5.69 Å². The molecule has 0 saturated carbocycles. The van der Waals surface area contributed by atoms with Gasteiger partial charge in [-0.25, -0.2) is 4.98 Å². The van der Waals surface area contributed by atoms with Crippen LogP contribution in [0.1, 0.15) is 10.4 Å². The van der Waals surface area contributed by atoms with Gasteiger partial charge in [0.2, 0.25) is 0 Å². The Bertz CT molecular complexity index is 717. The van der Waals surface area contributed by atoms with Gasteiger partial charge in [-0.1, -0.05) is 42.5 Å². The molecule has 3 rings (SSSR count). The van der Waals surface area contributed by atoms with Gasteiger partial charge in [-0.05, 0) is 31.5 Å². The maximum absolute atomic E-state index is 4.71. The van der Waals surface area contributed by atoms with E-state index >= 15 is 0 Å². The summed E-state index contributed by atoms with van der Waals surface area (Å²) < 4.78 is 0. The van der Waals surface area contributed by atoms with Crippen LogP contribution in [0.25, 0.3) is 11.3 Å². The summed E-state index contributed by atoms with van der Waals surface area (Å²) >= 11 is 1.69. The van der Waals surface area contributed by atoms with E-state index in [4.69, 9.17) is 4.98 Å². The van der Waals surface area contributed by atoms with Gasteiger partial charge in [-0.2, -0.15) is 0 Å². The molecule has 20 heavy (non-hydrogen) atoms. The highest BCUT2D eigenvalue weighted by atomic mass is 32.1. The predicted molar refractivity (Wildman–Crippen MR) is 86.7 cm³/mol. The molecule has 0 aliphatic heterocycles. The maximum atomic E-state index is 4.71. The molecule has 100 valence electrons. The SMILES string of the molecule is Cc1cccc(Nc2nc(-c3ccccc3)c(C)s2)c1. The molecule has 1 N–H and O–H groups in total. The second-order valence-electron chi connectivity index (χ2n) is 4.78. The molecule has 2 nitrogen and oxygen atoms in total. The van der Waals surface area contributed by atoms with Crippen molar-refractivity contribution in [1.82, 2.24) is 4.98 Å². The molecule has 0 amide bonds. The lowest BCUT2D eigenvalue weighted by Crippen LogP contribution is -1.89. The molecule has 0 saturated heterocycles. The minimum absolute atomic E-state index is 0.937. The van der Waals surface area contributed by atoms with Crippen LogP contribution in [-0.4, -0.2) is 4.98 Å². The van der Waals surface area contributed by atoms with Crippen molar-refractivity contribution in [2.24, 2.45) is 0 Å². The monoisotopic (exact) mass is 280 g/mol. The van der Waals surface area contributed by atoms with Crippen molar-refractivity contribution < 1.29 is 0 Å². The third kappa shape index (κ3) is 2.73. The van der Waals surface area contributed by atoms with E-state index in [0.29, 0.717) is 0 Å². The smallest absolute Gasteiger partial charge is 0.187 e. The van der Waals surface area contributed by atoms with E-state index in [1.807, 2.05) is 18.2 Å². The van der Waals surface area contributed by atoms with E-state index in [1.165, 1.54) is 16.0 Å². The number of rotatable bonds is 3. The van der Waals surface area contributed by atoms with Gasteiger partial charge in [0.25, 0.3) is 0 Å². The second-order valence-corrected chi connectivity index (χ2v) is 5.99. The van der Waals surface area contributed by atoms with Crippen LogP contribution in [0.5, 0.6) is 0 Å². The molecule has 0 aliphatic carbocycles. The topological polar surface area (TPSA) is 24.9 Å². The van der Waals surface area contributed by atoms with E-state index in [2.05, 4.69) is 55.6 Å². The van der Waals surface area contributed by atoms with Crippen molar-refractivity contribution in [2.45, 2.75) is 13.8 Å². The molecule has 0 bridgehead atoms. The number of aromatic nitrogens is 1. The first kappa shape index (κ1) is 12.9. The minimum Gasteiger partial charge on any atom is -0.332 e. The van der Waals surface area contributed by atoms with Crippen LogP contribution >= 0.6 is 11.3 Å². The molecule has 0 atom stereocenters. The number of aryl methyl sites for hydroxylation is 2. The molecular weight excluding hydrogens is 264 g/mol. The summed E-state index contributed by atoms with van der Waals surface area (Å²) in [6, 6.07) is 18.6. The molecule has 1 heterocycles. The van der Waals surface area contributed by atoms with Crippen molar-refractivity contribution in [1.29, 1.82) is 0 Å². The first-order valence-electron chi connectivity index (χ1n) is 6.59. The Labute approximate surface area is 123 Å². The third-order valence-electron chi connectivity index (χ3n) is 3.11. The number of hydrogen-bond acceptors (Lipinski definition) is 3. The van der Waals surface area contributed by atoms with Gasteiger partial charge in [-0.3, -0.25) is 0 Å². The molecule has 3 aromatic rings. The normalized spacial score (nSPS) is 10.5. The van der Waals surface area contributed by atoms with Crippen LogP contribution in [-0.2, 0) is 0 Å². The fourth-order valence-electron chi connectivity index (χ4n) is 2.16. The van der Waals surface area contributed by atoms with Crippen molar-refractivity contribution in [2.75, 3.05) is 5.32 Å². The number of thiazole rings is 1. The fraction of sp³-hybridized carbons (Fsp3) is 0.118. The van der Waals surface area contributed by atoms with Gasteiger partial charge in [0.15, 0.2) is 5.13 Å². The van der Waals surface area contributed by atoms with E-state index in [0.717, 1.165) is 16.5 Å². The van der Waals surface area contributed by atoms with Crippen molar-refractivity contribution >= 4 is 22.2 Å². The average Bonchev–Trinajstić information content (AvgIpc) is 2.80. The minimum atomic E-state index is 0.937. The van der Waals surface area contributed by atoms with Crippen LogP contribution in [0.3, 0.4) is 0 Å². The van der Waals surface area contributed by atoms with Crippen LogP contribution in [0.2, 0.25) is 0 Å². The number of nitrogens with one attached hydrogen (secondary N) is 1. The quantitative estimate of drug-likeness (QED) is 0.716. The average molecular weight is 280 g/mol. The maximum Gasteiger partial charge on any atom is 0.187 e. The second kappa shape index (κ2) is 5.47. The van der Waals surface area contributed by atoms with Crippen molar-refractivity contribution in [3.63, 3.8) is 0 Å². The number of anilines is 2. The zero-order chi connectivity index (χ0) is 13.9.